The number of anilines is 1. The van der Waals surface area contributed by atoms with Crippen molar-refractivity contribution in [1.29, 1.82) is 0 Å². The molecule has 1 saturated heterocycles. The molecule has 1 aliphatic rings. The number of hydrogen-bond acceptors (Lipinski definition) is 4. The summed E-state index contributed by atoms with van der Waals surface area (Å²) in [6, 6.07) is 6.06. The zero-order valence-electron chi connectivity index (χ0n) is 15.1. The summed E-state index contributed by atoms with van der Waals surface area (Å²) in [6.45, 7) is 10.1. The molecule has 6 heteroatoms. The number of nitrogens with zero attached hydrogens (tertiary/aromatic N) is 3. The highest BCUT2D eigenvalue weighted by Crippen LogP contribution is 2.26. The molecule has 0 spiro atoms. The van der Waals surface area contributed by atoms with E-state index in [0.29, 0.717) is 22.4 Å². The fraction of sp³-hybridized carbons (Fsp3) is 0.500. The fourth-order valence-electron chi connectivity index (χ4n) is 3.37. The largest absolute Gasteiger partial charge is 0.343 e. The van der Waals surface area contributed by atoms with Crippen molar-refractivity contribution < 1.29 is 4.79 Å². The number of benzene rings is 1. The van der Waals surface area contributed by atoms with Crippen molar-refractivity contribution in [2.45, 2.75) is 39.0 Å². The number of carbonyl (C=O) groups excluding carboxylic acids is 1. The minimum Gasteiger partial charge on any atom is -0.343 e. The molecule has 0 amide bonds. The van der Waals surface area contributed by atoms with Gasteiger partial charge >= 0.3 is 0 Å². The van der Waals surface area contributed by atoms with Crippen LogP contribution in [0.25, 0.3) is 10.9 Å². The molecule has 0 radical (unpaired) electrons. The Hall–Kier alpha value is -1.95. The van der Waals surface area contributed by atoms with Crippen molar-refractivity contribution in [3.05, 3.63) is 33.6 Å². The molecule has 5 nitrogen and oxygen atoms in total. The number of aryl methyl sites for hydroxylation is 1. The van der Waals surface area contributed by atoms with E-state index in [1.807, 2.05) is 19.1 Å². The molecule has 0 unspecified atom stereocenters. The topological polar surface area (TPSA) is 55.2 Å². The third-order valence-corrected chi connectivity index (χ3v) is 8.23. The van der Waals surface area contributed by atoms with Crippen LogP contribution in [0.3, 0.4) is 0 Å². The monoisotopic (exact) mass is 343 g/mol. The fourth-order valence-corrected chi connectivity index (χ4v) is 5.37. The molecule has 1 fully saturated rings. The van der Waals surface area contributed by atoms with E-state index in [9.17, 15) is 9.59 Å². The van der Waals surface area contributed by atoms with Crippen LogP contribution >= 0.6 is 0 Å². The number of aromatic nitrogens is 2. The van der Waals surface area contributed by atoms with E-state index in [1.54, 1.807) is 11.6 Å². The lowest BCUT2D eigenvalue weighted by molar-refractivity contribution is 0.101. The van der Waals surface area contributed by atoms with Gasteiger partial charge in [-0.2, -0.15) is 0 Å². The molecule has 128 valence electrons. The third-order valence-electron chi connectivity index (χ3n) is 5.08. The maximum Gasteiger partial charge on any atom is 0.262 e. The average molecular weight is 344 g/mol. The second-order valence-corrected chi connectivity index (χ2v) is 13.0. The van der Waals surface area contributed by atoms with E-state index in [-0.39, 0.29) is 11.3 Å². The van der Waals surface area contributed by atoms with Crippen LogP contribution in [0.2, 0.25) is 25.2 Å². The van der Waals surface area contributed by atoms with Gasteiger partial charge in [0.1, 0.15) is 0 Å². The predicted octanol–water partition coefficient (Wildman–Crippen LogP) is 2.97. The van der Waals surface area contributed by atoms with E-state index in [0.717, 1.165) is 18.7 Å². The predicted molar refractivity (Wildman–Crippen MR) is 101 cm³/mol. The molecule has 24 heavy (non-hydrogen) atoms. The standard InChI is InChI=1S/C18H25N3O2Si/c1-12-10-14(13(2)22)16-15(11-12)17(23)20(3)18(19-16)21-6-8-24(4,5)9-7-21/h10-11H,6-9H2,1-5H3. The summed E-state index contributed by atoms with van der Waals surface area (Å²) in [5, 5.41) is 0.526. The smallest absolute Gasteiger partial charge is 0.262 e. The van der Waals surface area contributed by atoms with Crippen LogP contribution in [-0.2, 0) is 7.05 Å². The first-order valence-electron chi connectivity index (χ1n) is 8.47. The Balaban J connectivity index is 2.18. The van der Waals surface area contributed by atoms with Gasteiger partial charge in [-0.3, -0.25) is 14.2 Å². The molecule has 0 bridgehead atoms. The normalized spacial score (nSPS) is 17.3. The first-order valence-corrected chi connectivity index (χ1v) is 11.9. The Kier molecular flexibility index (Phi) is 4.11. The maximum atomic E-state index is 12.8. The Labute approximate surface area is 143 Å². The van der Waals surface area contributed by atoms with E-state index in [2.05, 4.69) is 18.0 Å². The van der Waals surface area contributed by atoms with Gasteiger partial charge in [0.25, 0.3) is 5.56 Å². The van der Waals surface area contributed by atoms with Crippen LogP contribution in [-0.4, -0.2) is 36.5 Å². The summed E-state index contributed by atoms with van der Waals surface area (Å²) in [4.78, 5) is 31.8. The van der Waals surface area contributed by atoms with Crippen molar-refractivity contribution in [1.82, 2.24) is 9.55 Å². The number of rotatable bonds is 2. The number of carbonyl (C=O) groups is 1. The Morgan fingerprint density at radius 2 is 1.83 bits per heavy atom. The molecule has 0 aliphatic carbocycles. The van der Waals surface area contributed by atoms with Crippen LogP contribution in [0.15, 0.2) is 16.9 Å². The highest BCUT2D eigenvalue weighted by atomic mass is 28.3. The summed E-state index contributed by atoms with van der Waals surface area (Å²) < 4.78 is 1.63. The highest BCUT2D eigenvalue weighted by molar-refractivity contribution is 6.77. The van der Waals surface area contributed by atoms with E-state index in [1.165, 1.54) is 19.0 Å². The summed E-state index contributed by atoms with van der Waals surface area (Å²) in [6.07, 6.45) is 0. The molecule has 2 heterocycles. The number of hydrogen-bond donors (Lipinski definition) is 0. The van der Waals surface area contributed by atoms with E-state index >= 15 is 0 Å². The molecule has 0 N–H and O–H groups in total. The molecule has 0 atom stereocenters. The molecular weight excluding hydrogens is 318 g/mol. The lowest BCUT2D eigenvalue weighted by Crippen LogP contribution is -2.44. The molecule has 1 aromatic carbocycles. The first-order chi connectivity index (χ1) is 11.2. The third kappa shape index (κ3) is 2.90. The molecular formula is C18H25N3O2Si. The van der Waals surface area contributed by atoms with Gasteiger partial charge in [-0.25, -0.2) is 4.98 Å². The maximum absolute atomic E-state index is 12.8. The zero-order valence-corrected chi connectivity index (χ0v) is 16.1. The molecule has 1 aliphatic heterocycles. The molecule has 0 saturated carbocycles. The second-order valence-electron chi connectivity index (χ2n) is 7.69. The van der Waals surface area contributed by atoms with Gasteiger partial charge in [-0.15, -0.1) is 0 Å². The summed E-state index contributed by atoms with van der Waals surface area (Å²) in [5.41, 5.74) is 1.90. The Morgan fingerprint density at radius 3 is 2.42 bits per heavy atom. The van der Waals surface area contributed by atoms with Gasteiger partial charge in [0, 0.05) is 25.7 Å². The van der Waals surface area contributed by atoms with Crippen molar-refractivity contribution >= 4 is 30.7 Å². The lowest BCUT2D eigenvalue weighted by atomic mass is 10.0. The van der Waals surface area contributed by atoms with Crippen molar-refractivity contribution in [3.8, 4) is 0 Å². The van der Waals surface area contributed by atoms with Crippen molar-refractivity contribution in [2.24, 2.45) is 7.05 Å². The van der Waals surface area contributed by atoms with Crippen molar-refractivity contribution in [3.63, 3.8) is 0 Å². The molecule has 2 aromatic rings. The summed E-state index contributed by atoms with van der Waals surface area (Å²) in [5.74, 6) is 0.631. The average Bonchev–Trinajstić information content (AvgIpc) is 2.51. The van der Waals surface area contributed by atoms with Crippen LogP contribution in [0.4, 0.5) is 5.95 Å². The van der Waals surface area contributed by atoms with Crippen LogP contribution in [0.5, 0.6) is 0 Å². The number of ketones is 1. The van der Waals surface area contributed by atoms with Crippen molar-refractivity contribution in [2.75, 3.05) is 18.0 Å². The molecule has 3 rings (SSSR count). The molecule has 1 aromatic heterocycles. The number of Topliss-reactive ketones (excluding diaryl/α,β-unsaturated/α-hetero) is 1. The first kappa shape index (κ1) is 16.9. The number of fused-ring (bicyclic) bond motifs is 1. The van der Waals surface area contributed by atoms with Crippen LogP contribution in [0, 0.1) is 6.92 Å². The van der Waals surface area contributed by atoms with Gasteiger partial charge in [0.15, 0.2) is 5.78 Å². The van der Waals surface area contributed by atoms with Crippen LogP contribution in [0.1, 0.15) is 22.8 Å². The lowest BCUT2D eigenvalue weighted by Gasteiger charge is -2.36. The van der Waals surface area contributed by atoms with Crippen LogP contribution < -0.4 is 10.5 Å². The highest BCUT2D eigenvalue weighted by Gasteiger charge is 2.29. The minimum absolute atomic E-state index is 0.0532. The van der Waals surface area contributed by atoms with E-state index < -0.39 is 8.07 Å². The SMILES string of the molecule is CC(=O)c1cc(C)cc2c(=O)n(C)c(N3CC[Si](C)(C)CC3)nc12. The van der Waals surface area contributed by atoms with Gasteiger partial charge in [0.05, 0.1) is 19.0 Å². The van der Waals surface area contributed by atoms with E-state index in [4.69, 9.17) is 4.98 Å². The summed E-state index contributed by atoms with van der Waals surface area (Å²) >= 11 is 0. The second kappa shape index (κ2) is 5.84. The van der Waals surface area contributed by atoms with Gasteiger partial charge in [-0.05, 0) is 43.6 Å². The minimum atomic E-state index is -1.10. The van der Waals surface area contributed by atoms with Gasteiger partial charge in [0.2, 0.25) is 5.95 Å². The Bertz CT molecular complexity index is 876. The summed E-state index contributed by atoms with van der Waals surface area (Å²) in [7, 11) is 0.678. The van der Waals surface area contributed by atoms with Gasteiger partial charge in [-0.1, -0.05) is 13.1 Å². The quantitative estimate of drug-likeness (QED) is 0.621. The van der Waals surface area contributed by atoms with Gasteiger partial charge < -0.3 is 4.90 Å². The zero-order chi connectivity index (χ0) is 17.6. The Morgan fingerprint density at radius 1 is 1.21 bits per heavy atom.